The minimum Gasteiger partial charge on any atom is -0.473 e. The molecule has 0 radical (unpaired) electrons. The van der Waals surface area contributed by atoms with Gasteiger partial charge in [-0.1, -0.05) is 6.07 Å². The average molecular weight is 461 g/mol. The molecule has 1 saturated heterocycles. The molecule has 5 rings (SSSR count). The number of rotatable bonds is 5. The minimum absolute atomic E-state index is 0.0673. The maximum Gasteiger partial charge on any atom is 0.405 e. The number of nitrogens with one attached hydrogen (secondary N) is 1. The van der Waals surface area contributed by atoms with E-state index in [-0.39, 0.29) is 24.4 Å². The molecule has 1 aromatic carbocycles. The van der Waals surface area contributed by atoms with Crippen LogP contribution in [0.25, 0.3) is 0 Å². The zero-order valence-electron chi connectivity index (χ0n) is 17.5. The van der Waals surface area contributed by atoms with Crippen LogP contribution in [0, 0.1) is 11.6 Å². The number of hydrogen-bond donors (Lipinski definition) is 2. The first kappa shape index (κ1) is 21.2. The number of amides is 2. The van der Waals surface area contributed by atoms with Crippen LogP contribution in [0.5, 0.6) is 5.88 Å². The number of carbonyl (C=O) groups excluding carboxylic acids is 1. The smallest absolute Gasteiger partial charge is 0.405 e. The summed E-state index contributed by atoms with van der Waals surface area (Å²) in [6.45, 7) is 1.46. The third-order valence-electron chi connectivity index (χ3n) is 6.30. The summed E-state index contributed by atoms with van der Waals surface area (Å²) in [7, 11) is 0. The molecule has 12 heteroatoms. The third-order valence-corrected chi connectivity index (χ3v) is 6.30. The number of carboxylic acid groups (broad SMARTS) is 1. The first-order valence-electron chi connectivity index (χ1n) is 10.5. The Kier molecular flexibility index (Phi) is 4.94. The van der Waals surface area contributed by atoms with Gasteiger partial charge in [-0.25, -0.2) is 18.4 Å². The van der Waals surface area contributed by atoms with Gasteiger partial charge >= 0.3 is 11.8 Å². The molecule has 0 spiro atoms. The number of nitrogens with zero attached hydrogens (tertiary/aromatic N) is 4. The van der Waals surface area contributed by atoms with Crippen LogP contribution < -0.4 is 20.6 Å². The largest absolute Gasteiger partial charge is 0.473 e. The van der Waals surface area contributed by atoms with E-state index < -0.39 is 29.0 Å². The van der Waals surface area contributed by atoms with Gasteiger partial charge in [-0.05, 0) is 30.5 Å². The number of fused-ring (bicyclic) bond motifs is 3. The molecule has 33 heavy (non-hydrogen) atoms. The van der Waals surface area contributed by atoms with Crippen LogP contribution in [0.15, 0.2) is 29.1 Å². The van der Waals surface area contributed by atoms with Gasteiger partial charge in [0.1, 0.15) is 18.0 Å². The van der Waals surface area contributed by atoms with Gasteiger partial charge in [0, 0.05) is 25.7 Å². The van der Waals surface area contributed by atoms with E-state index in [0.717, 1.165) is 12.1 Å². The number of halogens is 2. The second-order valence-electron chi connectivity index (χ2n) is 8.49. The predicted molar refractivity (Wildman–Crippen MR) is 110 cm³/mol. The lowest BCUT2D eigenvalue weighted by Crippen LogP contribution is -2.59. The summed E-state index contributed by atoms with van der Waals surface area (Å²) < 4.78 is 33.5. The van der Waals surface area contributed by atoms with Gasteiger partial charge in [-0.3, -0.25) is 9.36 Å². The Labute approximate surface area is 186 Å². The summed E-state index contributed by atoms with van der Waals surface area (Å²) in [4.78, 5) is 44.1. The maximum absolute atomic E-state index is 13.4. The van der Waals surface area contributed by atoms with Crippen molar-refractivity contribution in [3.8, 4) is 5.88 Å². The third kappa shape index (κ3) is 3.85. The summed E-state index contributed by atoms with van der Waals surface area (Å²) >= 11 is 0. The zero-order chi connectivity index (χ0) is 23.3. The molecule has 3 aliphatic rings. The average Bonchev–Trinajstić information content (AvgIpc) is 3.45. The van der Waals surface area contributed by atoms with E-state index >= 15 is 0 Å². The molecule has 174 valence electrons. The second kappa shape index (κ2) is 7.71. The highest BCUT2D eigenvalue weighted by atomic mass is 19.2. The van der Waals surface area contributed by atoms with Gasteiger partial charge in [0.15, 0.2) is 11.6 Å². The molecular formula is C21H21F2N5O5. The first-order valence-corrected chi connectivity index (χ1v) is 10.5. The van der Waals surface area contributed by atoms with Gasteiger partial charge in [0.2, 0.25) is 11.8 Å². The second-order valence-corrected chi connectivity index (χ2v) is 8.49. The fourth-order valence-corrected chi connectivity index (χ4v) is 4.48. The number of piperazine rings is 1. The normalized spacial score (nSPS) is 20.1. The van der Waals surface area contributed by atoms with Crippen molar-refractivity contribution in [2.75, 3.05) is 24.5 Å². The SMILES string of the molecule is O=C(O)NC1(C(=O)N2CCN3c4cc(OCc5ccc(F)c(F)c5)nc(=O)n4CC3C2)CC1. The first-order chi connectivity index (χ1) is 15.8. The van der Waals surface area contributed by atoms with Crippen LogP contribution in [0.3, 0.4) is 0 Å². The monoisotopic (exact) mass is 461 g/mol. The van der Waals surface area contributed by atoms with Crippen molar-refractivity contribution in [2.24, 2.45) is 0 Å². The van der Waals surface area contributed by atoms with E-state index in [1.165, 1.54) is 10.6 Å². The number of aromatic nitrogens is 2. The lowest BCUT2D eigenvalue weighted by Gasteiger charge is -2.39. The molecule has 2 fully saturated rings. The van der Waals surface area contributed by atoms with Gasteiger partial charge in [0.25, 0.3) is 0 Å². The molecule has 0 bridgehead atoms. The van der Waals surface area contributed by atoms with Gasteiger partial charge in [0.05, 0.1) is 12.6 Å². The highest BCUT2D eigenvalue weighted by Crippen LogP contribution is 2.38. The van der Waals surface area contributed by atoms with E-state index in [1.54, 1.807) is 11.0 Å². The molecule has 1 saturated carbocycles. The van der Waals surface area contributed by atoms with Crippen LogP contribution >= 0.6 is 0 Å². The lowest BCUT2D eigenvalue weighted by atomic mass is 10.1. The maximum atomic E-state index is 13.4. The number of ether oxygens (including phenoxy) is 1. The molecule has 1 aromatic heterocycles. The number of hydrogen-bond acceptors (Lipinski definition) is 6. The fraction of sp³-hybridized carbons (Fsp3) is 0.429. The topological polar surface area (TPSA) is 117 Å². The predicted octanol–water partition coefficient (Wildman–Crippen LogP) is 0.931. The van der Waals surface area contributed by atoms with Gasteiger partial charge < -0.3 is 25.0 Å². The Morgan fingerprint density at radius 2 is 1.97 bits per heavy atom. The molecule has 10 nitrogen and oxygen atoms in total. The highest BCUT2D eigenvalue weighted by Gasteiger charge is 2.54. The molecular weight excluding hydrogens is 440 g/mol. The van der Waals surface area contributed by atoms with Crippen LogP contribution in [0.1, 0.15) is 18.4 Å². The molecule has 2 aliphatic heterocycles. The molecule has 1 atom stereocenters. The quantitative estimate of drug-likeness (QED) is 0.681. The van der Waals surface area contributed by atoms with Crippen LogP contribution in [0.4, 0.5) is 19.4 Å². The molecule has 2 aromatic rings. The fourth-order valence-electron chi connectivity index (χ4n) is 4.48. The molecule has 1 unspecified atom stereocenters. The highest BCUT2D eigenvalue weighted by molar-refractivity contribution is 5.92. The Morgan fingerprint density at radius 1 is 1.18 bits per heavy atom. The van der Waals surface area contributed by atoms with Crippen molar-refractivity contribution in [3.05, 3.63) is 51.9 Å². The van der Waals surface area contributed by atoms with Crippen LogP contribution in [-0.4, -0.2) is 62.8 Å². The van der Waals surface area contributed by atoms with E-state index in [4.69, 9.17) is 9.84 Å². The van der Waals surface area contributed by atoms with E-state index in [0.29, 0.717) is 50.4 Å². The lowest BCUT2D eigenvalue weighted by molar-refractivity contribution is -0.135. The van der Waals surface area contributed by atoms with Crippen molar-refractivity contribution in [3.63, 3.8) is 0 Å². The van der Waals surface area contributed by atoms with Crippen molar-refractivity contribution >= 4 is 17.8 Å². The van der Waals surface area contributed by atoms with Crippen molar-refractivity contribution in [1.29, 1.82) is 0 Å². The molecule has 2 N–H and O–H groups in total. The van der Waals surface area contributed by atoms with E-state index in [1.807, 2.05) is 4.90 Å². The Morgan fingerprint density at radius 3 is 2.67 bits per heavy atom. The summed E-state index contributed by atoms with van der Waals surface area (Å²) in [6, 6.07) is 4.87. The van der Waals surface area contributed by atoms with Gasteiger partial charge in [-0.15, -0.1) is 0 Å². The van der Waals surface area contributed by atoms with Crippen LogP contribution in [-0.2, 0) is 17.9 Å². The summed E-state index contributed by atoms with van der Waals surface area (Å²) in [5, 5.41) is 11.4. The Balaban J connectivity index is 1.28. The van der Waals surface area contributed by atoms with Crippen molar-refractivity contribution in [1.82, 2.24) is 19.8 Å². The Hall–Kier alpha value is -3.70. The summed E-state index contributed by atoms with van der Waals surface area (Å²) in [5.74, 6) is -1.50. The van der Waals surface area contributed by atoms with E-state index in [9.17, 15) is 23.2 Å². The van der Waals surface area contributed by atoms with E-state index in [2.05, 4.69) is 10.3 Å². The number of carbonyl (C=O) groups is 2. The number of benzene rings is 1. The Bertz CT molecular complexity index is 1200. The zero-order valence-corrected chi connectivity index (χ0v) is 17.5. The summed E-state index contributed by atoms with van der Waals surface area (Å²) in [6.07, 6.45) is -0.266. The standard InChI is InChI=1S/C21H21F2N5O5/c22-14-2-1-12(7-15(14)23)11-33-16-8-17-27-6-5-26(9-13(27)10-28(17)19(30)24-16)18(29)21(3-4-21)25-20(31)32/h1-2,7-8,13,25H,3-6,9-11H2,(H,31,32). The molecule has 2 amide bonds. The molecule has 1 aliphatic carbocycles. The van der Waals surface area contributed by atoms with Crippen molar-refractivity contribution < 1.29 is 28.2 Å². The minimum atomic E-state index is -1.22. The molecule has 3 heterocycles. The van der Waals surface area contributed by atoms with Gasteiger partial charge in [-0.2, -0.15) is 4.98 Å². The summed E-state index contributed by atoms with van der Waals surface area (Å²) in [5.41, 5.74) is -1.14. The number of anilines is 1. The van der Waals surface area contributed by atoms with Crippen molar-refractivity contribution in [2.45, 2.75) is 37.6 Å². The van der Waals surface area contributed by atoms with Crippen LogP contribution in [0.2, 0.25) is 0 Å².